The molecular weight excluding hydrogens is 492 g/mol. The molecule has 0 radical (unpaired) electrons. The second-order valence-electron chi connectivity index (χ2n) is 10.9. The van der Waals surface area contributed by atoms with Crippen molar-refractivity contribution in [3.63, 3.8) is 0 Å². The van der Waals surface area contributed by atoms with Gasteiger partial charge in [0, 0.05) is 32.0 Å². The molecular formula is C28H34O8Si. The molecule has 0 aromatic heterocycles. The number of Topliss-reactive ketones (excluding diaryl/α,β-unsaturated/α-hetero) is 1. The number of carbonyl (C=O) groups excluding carboxylic acids is 3. The number of benzene rings is 2. The van der Waals surface area contributed by atoms with E-state index in [1.165, 1.54) is 13.2 Å². The van der Waals surface area contributed by atoms with Crippen LogP contribution < -0.4 is 9.47 Å². The summed E-state index contributed by atoms with van der Waals surface area (Å²) in [6, 6.07) is 10.8. The van der Waals surface area contributed by atoms with Gasteiger partial charge in [0.25, 0.3) is 0 Å². The van der Waals surface area contributed by atoms with Gasteiger partial charge in [-0.1, -0.05) is 25.7 Å². The third kappa shape index (κ3) is 5.51. The number of carbonyl (C=O) groups is 3. The molecule has 2 aromatic carbocycles. The molecule has 2 bridgehead atoms. The van der Waals surface area contributed by atoms with Crippen LogP contribution in [0.4, 0.5) is 0 Å². The summed E-state index contributed by atoms with van der Waals surface area (Å²) in [5.74, 6) is -3.46. The quantitative estimate of drug-likeness (QED) is 0.378. The van der Waals surface area contributed by atoms with Crippen molar-refractivity contribution in [2.75, 3.05) is 20.8 Å². The molecule has 5 rings (SSSR count). The number of phenols is 1. The molecule has 9 heteroatoms. The van der Waals surface area contributed by atoms with Crippen LogP contribution >= 0.6 is 0 Å². The smallest absolute Gasteiger partial charge is 0.311 e. The van der Waals surface area contributed by atoms with Gasteiger partial charge >= 0.3 is 11.9 Å². The summed E-state index contributed by atoms with van der Waals surface area (Å²) in [6.07, 6.45) is 0.145. The summed E-state index contributed by atoms with van der Waals surface area (Å²) in [6.45, 7) is 6.76. The van der Waals surface area contributed by atoms with Crippen molar-refractivity contribution in [3.05, 3.63) is 53.1 Å². The molecule has 8 nitrogen and oxygen atoms in total. The largest absolute Gasteiger partial charge is 0.508 e. The van der Waals surface area contributed by atoms with Crippen LogP contribution in [0.1, 0.15) is 34.9 Å². The Morgan fingerprint density at radius 1 is 0.946 bits per heavy atom. The van der Waals surface area contributed by atoms with E-state index >= 15 is 0 Å². The Balaban J connectivity index is 1.63. The number of phenolic OH excluding ortho intramolecular Hbond substituents is 1. The van der Waals surface area contributed by atoms with Gasteiger partial charge in [-0.2, -0.15) is 0 Å². The summed E-state index contributed by atoms with van der Waals surface area (Å²) < 4.78 is 22.0. The zero-order valence-corrected chi connectivity index (χ0v) is 22.9. The van der Waals surface area contributed by atoms with E-state index in [0.29, 0.717) is 22.6 Å². The normalized spacial score (nSPS) is 22.2. The Labute approximate surface area is 217 Å². The maximum absolute atomic E-state index is 13.6. The molecule has 0 spiro atoms. The highest BCUT2D eigenvalue weighted by atomic mass is 28.3. The van der Waals surface area contributed by atoms with Crippen LogP contribution in [0.2, 0.25) is 25.7 Å². The lowest BCUT2D eigenvalue weighted by Gasteiger charge is -2.46. The van der Waals surface area contributed by atoms with Crippen LogP contribution in [0.3, 0.4) is 0 Å². The Kier molecular flexibility index (Phi) is 7.63. The molecule has 0 aliphatic heterocycles. The molecule has 1 unspecified atom stereocenters. The minimum Gasteiger partial charge on any atom is -0.508 e. The number of ketones is 1. The van der Waals surface area contributed by atoms with Gasteiger partial charge in [0.05, 0.1) is 38.6 Å². The monoisotopic (exact) mass is 526 g/mol. The van der Waals surface area contributed by atoms with Crippen molar-refractivity contribution in [3.8, 4) is 17.2 Å². The van der Waals surface area contributed by atoms with Gasteiger partial charge in [-0.3, -0.25) is 14.4 Å². The van der Waals surface area contributed by atoms with E-state index in [1.807, 2.05) is 0 Å². The number of methoxy groups -OCH3 is 2. The lowest BCUT2D eigenvalue weighted by atomic mass is 9.55. The van der Waals surface area contributed by atoms with Crippen molar-refractivity contribution in [2.45, 2.75) is 50.5 Å². The maximum atomic E-state index is 13.6. The van der Waals surface area contributed by atoms with Crippen molar-refractivity contribution >= 4 is 25.8 Å². The zero-order valence-electron chi connectivity index (χ0n) is 21.9. The van der Waals surface area contributed by atoms with E-state index in [2.05, 4.69) is 19.6 Å². The summed E-state index contributed by atoms with van der Waals surface area (Å²) in [7, 11) is 1.61. The van der Waals surface area contributed by atoms with E-state index in [9.17, 15) is 19.5 Å². The molecule has 0 amide bonds. The third-order valence-electron chi connectivity index (χ3n) is 7.26. The van der Waals surface area contributed by atoms with Gasteiger partial charge in [0.2, 0.25) is 0 Å². The first-order chi connectivity index (χ1) is 17.5. The molecule has 3 aliphatic carbocycles. The molecule has 1 saturated carbocycles. The van der Waals surface area contributed by atoms with Crippen LogP contribution in [0.5, 0.6) is 17.2 Å². The number of ether oxygens (including phenoxy) is 4. The first-order valence-corrected chi connectivity index (χ1v) is 16.1. The van der Waals surface area contributed by atoms with E-state index < -0.39 is 43.7 Å². The molecule has 198 valence electrons. The van der Waals surface area contributed by atoms with Crippen molar-refractivity contribution in [1.29, 1.82) is 0 Å². The van der Waals surface area contributed by atoms with Crippen LogP contribution in [0.15, 0.2) is 36.4 Å². The Bertz CT molecular complexity index is 1200. The molecule has 3 aliphatic rings. The molecule has 1 N–H and O–H groups in total. The second kappa shape index (κ2) is 10.6. The Hall–Kier alpha value is -3.33. The molecule has 0 saturated heterocycles. The fourth-order valence-electron chi connectivity index (χ4n) is 5.33. The fourth-order valence-corrected chi connectivity index (χ4v) is 6.05. The average Bonchev–Trinajstić information content (AvgIpc) is 2.85. The van der Waals surface area contributed by atoms with Crippen molar-refractivity contribution in [1.82, 2.24) is 0 Å². The van der Waals surface area contributed by atoms with Gasteiger partial charge in [-0.15, -0.1) is 0 Å². The first kappa shape index (κ1) is 26.7. The number of hydrogen-bond donors (Lipinski definition) is 1. The van der Waals surface area contributed by atoms with Gasteiger partial charge in [0.1, 0.15) is 29.6 Å². The van der Waals surface area contributed by atoms with Gasteiger partial charge in [-0.25, -0.2) is 0 Å². The number of rotatable bonds is 9. The zero-order chi connectivity index (χ0) is 26.9. The van der Waals surface area contributed by atoms with Crippen LogP contribution in [-0.2, 0) is 30.5 Å². The molecule has 37 heavy (non-hydrogen) atoms. The minimum atomic E-state index is -1.44. The third-order valence-corrected chi connectivity index (χ3v) is 8.96. The topological polar surface area (TPSA) is 108 Å². The van der Waals surface area contributed by atoms with Crippen molar-refractivity contribution in [2.24, 2.45) is 11.8 Å². The maximum Gasteiger partial charge on any atom is 0.311 e. The average molecular weight is 527 g/mol. The second-order valence-corrected chi connectivity index (χ2v) is 16.5. The van der Waals surface area contributed by atoms with E-state index in [1.54, 1.807) is 37.4 Å². The summed E-state index contributed by atoms with van der Waals surface area (Å²) in [5.41, 5.74) is 2.00. The number of esters is 2. The Morgan fingerprint density at radius 2 is 1.68 bits per heavy atom. The number of aromatic hydroxyl groups is 1. The fraction of sp³-hybridized carbons (Fsp3) is 0.464. The molecule has 0 heterocycles. The predicted octanol–water partition coefficient (Wildman–Crippen LogP) is 4.42. The highest BCUT2D eigenvalue weighted by Gasteiger charge is 2.58. The first-order valence-electron chi connectivity index (χ1n) is 12.4. The van der Waals surface area contributed by atoms with Crippen LogP contribution in [0, 0.1) is 11.8 Å². The highest BCUT2D eigenvalue weighted by molar-refractivity contribution is 6.76. The summed E-state index contributed by atoms with van der Waals surface area (Å²) in [4.78, 5) is 40.1. The number of fused-ring (bicyclic) bond motifs is 2. The lowest BCUT2D eigenvalue weighted by Crippen LogP contribution is -2.50. The SMILES string of the molecule is COc1ccc(COC(=O)[C@H]2[C@H](C(=O)OCC[Si](C)(C)C)C3CC(=O)[C@H]2c2cc(O)ccc23)c(OC)c1. The molecule has 1 fully saturated rings. The minimum absolute atomic E-state index is 0.00319. The highest BCUT2D eigenvalue weighted by Crippen LogP contribution is 2.55. The van der Waals surface area contributed by atoms with E-state index in [0.717, 1.165) is 11.6 Å². The van der Waals surface area contributed by atoms with Crippen molar-refractivity contribution < 1.29 is 38.4 Å². The van der Waals surface area contributed by atoms with Gasteiger partial charge < -0.3 is 24.1 Å². The van der Waals surface area contributed by atoms with E-state index in [4.69, 9.17) is 18.9 Å². The van der Waals surface area contributed by atoms with Gasteiger partial charge in [0.15, 0.2) is 0 Å². The lowest BCUT2D eigenvalue weighted by molar-refractivity contribution is -0.168. The van der Waals surface area contributed by atoms with Crippen LogP contribution in [0.25, 0.3) is 0 Å². The molecule has 2 aromatic rings. The van der Waals surface area contributed by atoms with Crippen LogP contribution in [-0.4, -0.2) is 51.7 Å². The standard InChI is InChI=1S/C28H34O8Si/c1-33-18-8-6-16(23(13-18)34-2)15-36-28(32)26-24-20-12-17(29)7-9-19(20)21(14-22(24)30)25(26)27(31)35-10-11-37(3,4)5/h6-9,12-13,21,24-26,29H,10-11,14-15H2,1-5H3/t21?,24-,25-,26-/m1/s1. The Morgan fingerprint density at radius 3 is 2.35 bits per heavy atom. The van der Waals surface area contributed by atoms with Gasteiger partial charge in [-0.05, 0) is 41.4 Å². The summed E-state index contributed by atoms with van der Waals surface area (Å²) >= 11 is 0. The predicted molar refractivity (Wildman–Crippen MR) is 139 cm³/mol. The summed E-state index contributed by atoms with van der Waals surface area (Å²) in [5, 5.41) is 10.1. The van der Waals surface area contributed by atoms with E-state index in [-0.39, 0.29) is 31.2 Å². The number of hydrogen-bond acceptors (Lipinski definition) is 8. The molecule has 4 atom stereocenters.